The first kappa shape index (κ1) is 11.9. The number of benzene rings is 1. The van der Waals surface area contributed by atoms with Crippen LogP contribution in [0.5, 0.6) is 5.75 Å². The molecule has 2 rings (SSSR count). The highest BCUT2D eigenvalue weighted by molar-refractivity contribution is 5.99. The molecule has 0 aliphatic rings. The van der Waals surface area contributed by atoms with Gasteiger partial charge in [0.05, 0.1) is 12.1 Å². The topological polar surface area (TPSA) is 106 Å². The van der Waals surface area contributed by atoms with Crippen LogP contribution in [0.3, 0.4) is 0 Å². The third-order valence-corrected chi connectivity index (χ3v) is 2.34. The minimum Gasteiger partial charge on any atom is -0.508 e. The molecule has 0 saturated heterocycles. The monoisotopic (exact) mass is 247 g/mol. The second-order valence-corrected chi connectivity index (χ2v) is 3.79. The summed E-state index contributed by atoms with van der Waals surface area (Å²) in [5.74, 6) is 0.116. The fraction of sp³-hybridized carbons (Fsp3) is 0.182. The van der Waals surface area contributed by atoms with Gasteiger partial charge in [-0.1, -0.05) is 0 Å². The molecule has 4 N–H and O–H groups in total. The highest BCUT2D eigenvalue weighted by Crippen LogP contribution is 2.18. The van der Waals surface area contributed by atoms with E-state index in [4.69, 9.17) is 5.73 Å². The summed E-state index contributed by atoms with van der Waals surface area (Å²) < 4.78 is 1.55. The van der Waals surface area contributed by atoms with Crippen LogP contribution in [0.1, 0.15) is 16.2 Å². The summed E-state index contributed by atoms with van der Waals surface area (Å²) in [4.78, 5) is 15.8. The van der Waals surface area contributed by atoms with Gasteiger partial charge in [0.25, 0.3) is 5.91 Å². The Morgan fingerprint density at radius 3 is 3.00 bits per heavy atom. The average Bonchev–Trinajstić information content (AvgIpc) is 2.75. The summed E-state index contributed by atoms with van der Waals surface area (Å²) in [7, 11) is 1.74. The Kier molecular flexibility index (Phi) is 3.13. The van der Waals surface area contributed by atoms with Crippen LogP contribution in [-0.2, 0) is 13.6 Å². The number of rotatable bonds is 3. The van der Waals surface area contributed by atoms with Crippen LogP contribution in [0.4, 0.5) is 5.69 Å². The fourth-order valence-electron chi connectivity index (χ4n) is 1.46. The summed E-state index contributed by atoms with van der Waals surface area (Å²) in [6.07, 6.45) is 1.55. The second-order valence-electron chi connectivity index (χ2n) is 3.79. The minimum atomic E-state index is -0.379. The third kappa shape index (κ3) is 2.57. The number of anilines is 1. The van der Waals surface area contributed by atoms with E-state index in [1.54, 1.807) is 18.1 Å². The predicted octanol–water partition coefficient (Wildman–Crippen LogP) is 0.0329. The molecule has 0 aliphatic carbocycles. The predicted molar refractivity (Wildman–Crippen MR) is 64.7 cm³/mol. The van der Waals surface area contributed by atoms with Gasteiger partial charge in [-0.3, -0.25) is 9.48 Å². The number of nitrogens with zero attached hydrogens (tertiary/aromatic N) is 3. The van der Waals surface area contributed by atoms with E-state index in [1.165, 1.54) is 18.2 Å². The van der Waals surface area contributed by atoms with E-state index in [-0.39, 0.29) is 23.8 Å². The standard InChI is InChI=1S/C11H13N5O2/c1-16-6-14-10(15-16)5-13-11(18)8-4-7(17)2-3-9(8)12/h2-4,6,17H,5,12H2,1H3,(H,13,18). The molecule has 0 spiro atoms. The molecule has 1 amide bonds. The Morgan fingerprint density at radius 1 is 1.56 bits per heavy atom. The Hall–Kier alpha value is -2.57. The van der Waals surface area contributed by atoms with Crippen LogP contribution < -0.4 is 11.1 Å². The number of nitrogens with two attached hydrogens (primary N) is 1. The summed E-state index contributed by atoms with van der Waals surface area (Å²) >= 11 is 0. The van der Waals surface area contributed by atoms with E-state index in [0.717, 1.165) is 0 Å². The van der Waals surface area contributed by atoms with Crippen molar-refractivity contribution >= 4 is 11.6 Å². The maximum Gasteiger partial charge on any atom is 0.253 e. The summed E-state index contributed by atoms with van der Waals surface area (Å²) in [6, 6.07) is 4.21. The fourth-order valence-corrected chi connectivity index (χ4v) is 1.46. The lowest BCUT2D eigenvalue weighted by Gasteiger charge is -2.06. The van der Waals surface area contributed by atoms with Crippen molar-refractivity contribution in [2.45, 2.75) is 6.54 Å². The molecule has 1 heterocycles. The van der Waals surface area contributed by atoms with Crippen molar-refractivity contribution in [3.8, 4) is 5.75 Å². The number of hydrogen-bond donors (Lipinski definition) is 3. The van der Waals surface area contributed by atoms with Crippen molar-refractivity contribution in [3.63, 3.8) is 0 Å². The normalized spacial score (nSPS) is 10.3. The molecule has 0 unspecified atom stereocenters. The first-order chi connectivity index (χ1) is 8.56. The highest BCUT2D eigenvalue weighted by Gasteiger charge is 2.11. The molecule has 0 atom stereocenters. The lowest BCUT2D eigenvalue weighted by Crippen LogP contribution is -2.24. The van der Waals surface area contributed by atoms with E-state index in [0.29, 0.717) is 11.5 Å². The molecule has 0 radical (unpaired) electrons. The first-order valence-corrected chi connectivity index (χ1v) is 5.27. The largest absolute Gasteiger partial charge is 0.508 e. The number of phenolic OH excluding ortho intramolecular Hbond substituents is 1. The molecule has 0 fully saturated rings. The molecule has 94 valence electrons. The molecular weight excluding hydrogens is 234 g/mol. The molecule has 0 bridgehead atoms. The number of carbonyl (C=O) groups excluding carboxylic acids is 1. The van der Waals surface area contributed by atoms with Crippen molar-refractivity contribution in [1.82, 2.24) is 20.1 Å². The van der Waals surface area contributed by atoms with Crippen LogP contribution in [0.15, 0.2) is 24.5 Å². The molecule has 1 aromatic carbocycles. The molecule has 2 aromatic rings. The molecule has 7 heteroatoms. The Morgan fingerprint density at radius 2 is 2.33 bits per heavy atom. The molecule has 18 heavy (non-hydrogen) atoms. The van der Waals surface area contributed by atoms with Crippen LogP contribution in [-0.4, -0.2) is 25.8 Å². The number of phenols is 1. The van der Waals surface area contributed by atoms with E-state index in [9.17, 15) is 9.90 Å². The van der Waals surface area contributed by atoms with Gasteiger partial charge in [0, 0.05) is 12.7 Å². The number of amides is 1. The minimum absolute atomic E-state index is 0.00897. The summed E-state index contributed by atoms with van der Waals surface area (Å²) in [5, 5.41) is 16.0. The maximum atomic E-state index is 11.8. The molecule has 1 aromatic heterocycles. The molecular formula is C11H13N5O2. The first-order valence-electron chi connectivity index (χ1n) is 5.27. The summed E-state index contributed by atoms with van der Waals surface area (Å²) in [5.41, 5.74) is 6.19. The van der Waals surface area contributed by atoms with E-state index >= 15 is 0 Å². The zero-order valence-corrected chi connectivity index (χ0v) is 9.79. The van der Waals surface area contributed by atoms with Gasteiger partial charge in [-0.05, 0) is 18.2 Å². The average molecular weight is 247 g/mol. The van der Waals surface area contributed by atoms with Gasteiger partial charge < -0.3 is 16.2 Å². The maximum absolute atomic E-state index is 11.8. The van der Waals surface area contributed by atoms with Crippen molar-refractivity contribution in [2.75, 3.05) is 5.73 Å². The number of aryl methyl sites for hydroxylation is 1. The number of carbonyl (C=O) groups is 1. The van der Waals surface area contributed by atoms with Gasteiger partial charge in [0.1, 0.15) is 12.1 Å². The molecule has 0 saturated carbocycles. The van der Waals surface area contributed by atoms with E-state index in [2.05, 4.69) is 15.4 Å². The molecule has 0 aliphatic heterocycles. The van der Waals surface area contributed by atoms with Crippen LogP contribution in [0.2, 0.25) is 0 Å². The number of hydrogen-bond acceptors (Lipinski definition) is 5. The van der Waals surface area contributed by atoms with E-state index in [1.807, 2.05) is 0 Å². The van der Waals surface area contributed by atoms with Crippen molar-refractivity contribution in [3.05, 3.63) is 35.9 Å². The van der Waals surface area contributed by atoms with Gasteiger partial charge in [-0.15, -0.1) is 0 Å². The number of aromatic hydroxyl groups is 1. The SMILES string of the molecule is Cn1cnc(CNC(=O)c2cc(O)ccc2N)n1. The van der Waals surface area contributed by atoms with Gasteiger partial charge in [-0.2, -0.15) is 5.10 Å². The number of aromatic nitrogens is 3. The van der Waals surface area contributed by atoms with Gasteiger partial charge in [0.15, 0.2) is 5.82 Å². The Labute approximate surface area is 103 Å². The number of nitrogen functional groups attached to an aromatic ring is 1. The van der Waals surface area contributed by atoms with Gasteiger partial charge >= 0.3 is 0 Å². The smallest absolute Gasteiger partial charge is 0.253 e. The lowest BCUT2D eigenvalue weighted by atomic mass is 10.1. The van der Waals surface area contributed by atoms with Crippen LogP contribution in [0, 0.1) is 0 Å². The van der Waals surface area contributed by atoms with Gasteiger partial charge in [-0.25, -0.2) is 4.98 Å². The Balaban J connectivity index is 2.05. The third-order valence-electron chi connectivity index (χ3n) is 2.34. The quantitative estimate of drug-likeness (QED) is 0.524. The van der Waals surface area contributed by atoms with Crippen LogP contribution >= 0.6 is 0 Å². The second kappa shape index (κ2) is 4.74. The lowest BCUT2D eigenvalue weighted by molar-refractivity contribution is 0.0950. The van der Waals surface area contributed by atoms with Gasteiger partial charge in [0.2, 0.25) is 0 Å². The van der Waals surface area contributed by atoms with Crippen LogP contribution in [0.25, 0.3) is 0 Å². The van der Waals surface area contributed by atoms with E-state index < -0.39 is 0 Å². The number of nitrogens with one attached hydrogen (secondary N) is 1. The summed E-state index contributed by atoms with van der Waals surface area (Å²) in [6.45, 7) is 0.203. The van der Waals surface area contributed by atoms with Crippen molar-refractivity contribution < 1.29 is 9.90 Å². The Bertz CT molecular complexity index is 579. The highest BCUT2D eigenvalue weighted by atomic mass is 16.3. The van der Waals surface area contributed by atoms with Crippen molar-refractivity contribution in [1.29, 1.82) is 0 Å². The zero-order chi connectivity index (χ0) is 13.1. The van der Waals surface area contributed by atoms with Crippen molar-refractivity contribution in [2.24, 2.45) is 7.05 Å². The zero-order valence-electron chi connectivity index (χ0n) is 9.79. The molecule has 7 nitrogen and oxygen atoms in total.